The number of hydrogen-bond donors (Lipinski definition) is 2. The standard InChI is InChI=1S/C20H21FN2O6S/c1-22-30(26,27)18-11-14(5-9-17(18)28-2)6-10-20(25)29-13-19(24)23-12-15-3-7-16(21)8-4-15/h3-11,22H,12-13H2,1-2H3,(H,23,24)/b10-6+. The van der Waals surface area contributed by atoms with Gasteiger partial charge < -0.3 is 14.8 Å². The summed E-state index contributed by atoms with van der Waals surface area (Å²) in [7, 11) is -1.14. The Morgan fingerprint density at radius 2 is 1.83 bits per heavy atom. The van der Waals surface area contributed by atoms with E-state index in [9.17, 15) is 22.4 Å². The SMILES string of the molecule is CNS(=O)(=O)c1cc(/C=C/C(=O)OCC(=O)NCc2ccc(F)cc2)ccc1OC. The quantitative estimate of drug-likeness (QED) is 0.457. The third-order valence-corrected chi connectivity index (χ3v) is 5.34. The van der Waals surface area contributed by atoms with Crippen molar-refractivity contribution in [1.29, 1.82) is 0 Å². The second kappa shape index (κ2) is 10.5. The van der Waals surface area contributed by atoms with Crippen LogP contribution in [0.3, 0.4) is 0 Å². The number of esters is 1. The van der Waals surface area contributed by atoms with Crippen LogP contribution in [-0.2, 0) is 30.9 Å². The third-order valence-electron chi connectivity index (χ3n) is 3.91. The molecule has 160 valence electrons. The average molecular weight is 436 g/mol. The lowest BCUT2D eigenvalue weighted by Crippen LogP contribution is -2.28. The maximum Gasteiger partial charge on any atom is 0.331 e. The van der Waals surface area contributed by atoms with Crippen molar-refractivity contribution in [3.05, 3.63) is 65.5 Å². The van der Waals surface area contributed by atoms with E-state index in [4.69, 9.17) is 9.47 Å². The van der Waals surface area contributed by atoms with Crippen LogP contribution in [0.4, 0.5) is 4.39 Å². The fourth-order valence-electron chi connectivity index (χ4n) is 2.32. The van der Waals surface area contributed by atoms with Gasteiger partial charge in [-0.1, -0.05) is 18.2 Å². The van der Waals surface area contributed by atoms with Crippen LogP contribution < -0.4 is 14.8 Å². The van der Waals surface area contributed by atoms with E-state index in [1.54, 1.807) is 6.07 Å². The molecule has 0 unspecified atom stereocenters. The summed E-state index contributed by atoms with van der Waals surface area (Å²) >= 11 is 0. The highest BCUT2D eigenvalue weighted by molar-refractivity contribution is 7.89. The fraction of sp³-hybridized carbons (Fsp3) is 0.200. The summed E-state index contributed by atoms with van der Waals surface area (Å²) < 4.78 is 49.0. The average Bonchev–Trinajstić information content (AvgIpc) is 2.75. The van der Waals surface area contributed by atoms with Gasteiger partial charge in [-0.3, -0.25) is 4.79 Å². The zero-order valence-corrected chi connectivity index (χ0v) is 17.2. The number of methoxy groups -OCH3 is 1. The molecule has 10 heteroatoms. The van der Waals surface area contributed by atoms with Crippen LogP contribution in [-0.4, -0.2) is 41.1 Å². The normalized spacial score (nSPS) is 11.3. The van der Waals surface area contributed by atoms with Gasteiger partial charge in [0, 0.05) is 12.6 Å². The Morgan fingerprint density at radius 1 is 1.13 bits per heavy atom. The van der Waals surface area contributed by atoms with Crippen molar-refractivity contribution < 1.29 is 31.9 Å². The van der Waals surface area contributed by atoms with E-state index < -0.39 is 28.5 Å². The Morgan fingerprint density at radius 3 is 2.47 bits per heavy atom. The lowest BCUT2D eigenvalue weighted by atomic mass is 10.2. The summed E-state index contributed by atoms with van der Waals surface area (Å²) in [6.45, 7) is -0.326. The summed E-state index contributed by atoms with van der Waals surface area (Å²) in [4.78, 5) is 23.5. The number of halogens is 1. The van der Waals surface area contributed by atoms with E-state index in [-0.39, 0.29) is 23.0 Å². The van der Waals surface area contributed by atoms with Gasteiger partial charge >= 0.3 is 5.97 Å². The van der Waals surface area contributed by atoms with E-state index in [2.05, 4.69) is 10.0 Å². The highest BCUT2D eigenvalue weighted by Crippen LogP contribution is 2.25. The first-order chi connectivity index (χ1) is 14.2. The number of ether oxygens (including phenoxy) is 2. The highest BCUT2D eigenvalue weighted by atomic mass is 32.2. The first-order valence-electron chi connectivity index (χ1n) is 8.72. The van der Waals surface area contributed by atoms with E-state index >= 15 is 0 Å². The van der Waals surface area contributed by atoms with Crippen molar-refractivity contribution in [2.45, 2.75) is 11.4 Å². The number of carbonyl (C=O) groups excluding carboxylic acids is 2. The van der Waals surface area contributed by atoms with E-state index in [0.29, 0.717) is 11.1 Å². The molecule has 0 saturated carbocycles. The monoisotopic (exact) mass is 436 g/mol. The van der Waals surface area contributed by atoms with Crippen molar-refractivity contribution in [1.82, 2.24) is 10.0 Å². The van der Waals surface area contributed by atoms with Crippen molar-refractivity contribution in [3.63, 3.8) is 0 Å². The minimum absolute atomic E-state index is 0.0804. The molecular weight excluding hydrogens is 415 g/mol. The molecule has 0 heterocycles. The van der Waals surface area contributed by atoms with Crippen LogP contribution in [0.1, 0.15) is 11.1 Å². The molecule has 30 heavy (non-hydrogen) atoms. The Labute approximate surface area is 173 Å². The van der Waals surface area contributed by atoms with Gasteiger partial charge in [-0.15, -0.1) is 0 Å². The van der Waals surface area contributed by atoms with Crippen LogP contribution in [0.2, 0.25) is 0 Å². The van der Waals surface area contributed by atoms with Crippen LogP contribution in [0, 0.1) is 5.82 Å². The fourth-order valence-corrected chi connectivity index (χ4v) is 3.25. The molecule has 0 bridgehead atoms. The molecule has 2 N–H and O–H groups in total. The molecule has 2 aromatic rings. The second-order valence-corrected chi connectivity index (χ2v) is 7.82. The van der Waals surface area contributed by atoms with E-state index in [1.807, 2.05) is 0 Å². The molecule has 0 fully saturated rings. The minimum Gasteiger partial charge on any atom is -0.495 e. The summed E-state index contributed by atoms with van der Waals surface area (Å²) in [5.74, 6) is -1.52. The molecule has 1 amide bonds. The van der Waals surface area contributed by atoms with Crippen LogP contribution in [0.15, 0.2) is 53.4 Å². The molecule has 0 aliphatic heterocycles. The second-order valence-electron chi connectivity index (χ2n) is 5.96. The van der Waals surface area contributed by atoms with Crippen molar-refractivity contribution >= 4 is 28.0 Å². The predicted molar refractivity (Wildman–Crippen MR) is 107 cm³/mol. The molecule has 8 nitrogen and oxygen atoms in total. The van der Waals surface area contributed by atoms with Gasteiger partial charge in [-0.2, -0.15) is 0 Å². The number of amides is 1. The Bertz CT molecular complexity index is 1040. The number of nitrogens with one attached hydrogen (secondary N) is 2. The first-order valence-corrected chi connectivity index (χ1v) is 10.2. The topological polar surface area (TPSA) is 111 Å². The van der Waals surface area contributed by atoms with Gasteiger partial charge in [0.05, 0.1) is 7.11 Å². The first kappa shape index (κ1) is 23.0. The van der Waals surface area contributed by atoms with Crippen molar-refractivity contribution in [3.8, 4) is 5.75 Å². The maximum atomic E-state index is 12.8. The summed E-state index contributed by atoms with van der Waals surface area (Å²) in [5.41, 5.74) is 1.12. The Hall–Kier alpha value is -3.24. The molecule has 0 aliphatic carbocycles. The molecule has 0 saturated heterocycles. The van der Waals surface area contributed by atoms with Crippen LogP contribution >= 0.6 is 0 Å². The van der Waals surface area contributed by atoms with E-state index in [0.717, 1.165) is 6.08 Å². The Kier molecular flexibility index (Phi) is 8.07. The van der Waals surface area contributed by atoms with Crippen molar-refractivity contribution in [2.75, 3.05) is 20.8 Å². The van der Waals surface area contributed by atoms with Crippen LogP contribution in [0.25, 0.3) is 6.08 Å². The highest BCUT2D eigenvalue weighted by Gasteiger charge is 2.17. The number of benzene rings is 2. The third kappa shape index (κ3) is 6.68. The van der Waals surface area contributed by atoms with Gasteiger partial charge in [0.15, 0.2) is 6.61 Å². The lowest BCUT2D eigenvalue weighted by molar-refractivity contribution is -0.143. The number of rotatable bonds is 9. The molecule has 0 aliphatic rings. The molecule has 2 rings (SSSR count). The Balaban J connectivity index is 1.90. The predicted octanol–water partition coefficient (Wildman–Crippen LogP) is 1.62. The molecule has 2 aromatic carbocycles. The van der Waals surface area contributed by atoms with Crippen LogP contribution in [0.5, 0.6) is 5.75 Å². The zero-order valence-electron chi connectivity index (χ0n) is 16.3. The van der Waals surface area contributed by atoms with Gasteiger partial charge in [0.1, 0.15) is 16.5 Å². The van der Waals surface area contributed by atoms with Gasteiger partial charge in [0.25, 0.3) is 5.91 Å². The lowest BCUT2D eigenvalue weighted by Gasteiger charge is -2.09. The molecule has 0 spiro atoms. The summed E-state index contributed by atoms with van der Waals surface area (Å²) in [6, 6.07) is 9.97. The number of carbonyl (C=O) groups is 2. The minimum atomic E-state index is -3.75. The largest absolute Gasteiger partial charge is 0.495 e. The maximum absolute atomic E-state index is 12.8. The van der Waals surface area contributed by atoms with Crippen molar-refractivity contribution in [2.24, 2.45) is 0 Å². The molecule has 0 radical (unpaired) electrons. The number of hydrogen-bond acceptors (Lipinski definition) is 6. The zero-order chi connectivity index (χ0) is 22.1. The summed E-state index contributed by atoms with van der Waals surface area (Å²) in [5, 5.41) is 2.54. The summed E-state index contributed by atoms with van der Waals surface area (Å²) in [6.07, 6.45) is 2.43. The van der Waals surface area contributed by atoms with Gasteiger partial charge in [0.2, 0.25) is 10.0 Å². The van der Waals surface area contributed by atoms with E-state index in [1.165, 1.54) is 56.6 Å². The molecule has 0 atom stereocenters. The smallest absolute Gasteiger partial charge is 0.331 e. The van der Waals surface area contributed by atoms with Gasteiger partial charge in [-0.05, 0) is 48.5 Å². The molecular formula is C20H21FN2O6S. The number of sulfonamides is 1. The molecule has 0 aromatic heterocycles. The van der Waals surface area contributed by atoms with Gasteiger partial charge in [-0.25, -0.2) is 22.3 Å².